The van der Waals surface area contributed by atoms with E-state index in [9.17, 15) is 18.0 Å². The zero-order valence-corrected chi connectivity index (χ0v) is 10.7. The smallest absolute Gasteiger partial charge is 0.321 e. The van der Waals surface area contributed by atoms with Gasteiger partial charge in [0.25, 0.3) is 0 Å². The van der Waals surface area contributed by atoms with Gasteiger partial charge in [0, 0.05) is 24.6 Å². The minimum atomic E-state index is -3.16. The summed E-state index contributed by atoms with van der Waals surface area (Å²) in [5.74, 6) is -0.554. The molecule has 0 bridgehead atoms. The van der Waals surface area contributed by atoms with E-state index in [2.05, 4.69) is 5.32 Å². The number of alkyl halides is 1. The molecular formula is C8H15ClN2O4S. The molecule has 0 aliphatic rings. The molecule has 0 saturated carbocycles. The molecular weight excluding hydrogens is 256 g/mol. The number of hydrogen-bond donors (Lipinski definition) is 2. The number of urea groups is 1. The van der Waals surface area contributed by atoms with Crippen LogP contribution in [0.2, 0.25) is 0 Å². The fourth-order valence-electron chi connectivity index (χ4n) is 1.03. The van der Waals surface area contributed by atoms with E-state index in [-0.39, 0.29) is 18.1 Å². The average molecular weight is 271 g/mol. The van der Waals surface area contributed by atoms with E-state index in [0.717, 1.165) is 6.26 Å². The lowest BCUT2D eigenvalue weighted by Gasteiger charge is -2.12. The largest absolute Gasteiger partial charge is 0.334 e. The van der Waals surface area contributed by atoms with Crippen LogP contribution in [-0.4, -0.2) is 44.3 Å². The molecule has 0 aliphatic heterocycles. The summed E-state index contributed by atoms with van der Waals surface area (Å²) in [5.41, 5.74) is 0. The molecule has 0 fully saturated rings. The third-order valence-electron chi connectivity index (χ3n) is 1.50. The third-order valence-corrected chi connectivity index (χ3v) is 2.80. The number of imide groups is 1. The molecule has 0 aromatic heterocycles. The van der Waals surface area contributed by atoms with Crippen molar-refractivity contribution in [2.24, 2.45) is 0 Å². The molecule has 1 unspecified atom stereocenters. The summed E-state index contributed by atoms with van der Waals surface area (Å²) in [7, 11) is -3.16. The van der Waals surface area contributed by atoms with Crippen LogP contribution in [-0.2, 0) is 14.6 Å². The van der Waals surface area contributed by atoms with E-state index in [1.54, 1.807) is 0 Å². The van der Waals surface area contributed by atoms with E-state index in [0.29, 0.717) is 0 Å². The number of sulfone groups is 1. The molecule has 16 heavy (non-hydrogen) atoms. The van der Waals surface area contributed by atoms with Crippen molar-refractivity contribution in [1.82, 2.24) is 10.6 Å². The van der Waals surface area contributed by atoms with Crippen molar-refractivity contribution in [3.05, 3.63) is 0 Å². The maximum Gasteiger partial charge on any atom is 0.321 e. The van der Waals surface area contributed by atoms with Gasteiger partial charge in [-0.25, -0.2) is 13.2 Å². The molecule has 0 radical (unpaired) electrons. The molecule has 0 aliphatic carbocycles. The van der Waals surface area contributed by atoms with Crippen molar-refractivity contribution in [3.8, 4) is 0 Å². The highest BCUT2D eigenvalue weighted by Gasteiger charge is 2.14. The Morgan fingerprint density at radius 2 is 1.94 bits per heavy atom. The molecule has 94 valence electrons. The van der Waals surface area contributed by atoms with E-state index >= 15 is 0 Å². The van der Waals surface area contributed by atoms with Gasteiger partial charge in [0.05, 0.1) is 5.75 Å². The van der Waals surface area contributed by atoms with Gasteiger partial charge in [0.15, 0.2) is 0 Å². The van der Waals surface area contributed by atoms with Crippen LogP contribution in [0, 0.1) is 0 Å². The first-order valence-electron chi connectivity index (χ1n) is 4.58. The van der Waals surface area contributed by atoms with Gasteiger partial charge in [-0.15, -0.1) is 11.6 Å². The molecule has 8 heteroatoms. The predicted octanol–water partition coefficient (Wildman–Crippen LogP) is -0.126. The molecule has 0 aromatic rings. The highest BCUT2D eigenvalue weighted by molar-refractivity contribution is 7.90. The van der Waals surface area contributed by atoms with Crippen molar-refractivity contribution in [2.75, 3.05) is 17.9 Å². The van der Waals surface area contributed by atoms with Gasteiger partial charge < -0.3 is 5.32 Å². The van der Waals surface area contributed by atoms with Crippen molar-refractivity contribution in [1.29, 1.82) is 0 Å². The van der Waals surface area contributed by atoms with E-state index in [4.69, 9.17) is 11.6 Å². The van der Waals surface area contributed by atoms with Gasteiger partial charge in [0.2, 0.25) is 5.91 Å². The van der Waals surface area contributed by atoms with Crippen LogP contribution in [0.15, 0.2) is 0 Å². The Labute approximate surface area is 99.6 Å². The Morgan fingerprint density at radius 1 is 1.38 bits per heavy atom. The van der Waals surface area contributed by atoms with Gasteiger partial charge in [-0.1, -0.05) is 0 Å². The highest BCUT2D eigenvalue weighted by atomic mass is 35.5. The number of carbonyl (C=O) groups is 2. The molecule has 6 nitrogen and oxygen atoms in total. The Bertz CT molecular complexity index is 355. The minimum Gasteiger partial charge on any atom is -0.334 e. The van der Waals surface area contributed by atoms with Gasteiger partial charge in [-0.3, -0.25) is 10.1 Å². The fourth-order valence-corrected chi connectivity index (χ4v) is 2.19. The molecule has 0 heterocycles. The number of halogens is 1. The molecule has 3 amide bonds. The Balaban J connectivity index is 4.01. The average Bonchev–Trinajstić information content (AvgIpc) is 1.98. The van der Waals surface area contributed by atoms with Gasteiger partial charge in [-0.2, -0.15) is 0 Å². The fraction of sp³-hybridized carbons (Fsp3) is 0.750. The topological polar surface area (TPSA) is 92.3 Å². The number of nitrogens with one attached hydrogen (secondary N) is 2. The molecule has 0 spiro atoms. The lowest BCUT2D eigenvalue weighted by molar-refractivity contribution is -0.119. The Morgan fingerprint density at radius 3 is 2.38 bits per heavy atom. The van der Waals surface area contributed by atoms with Crippen LogP contribution in [0.25, 0.3) is 0 Å². The summed E-state index contributed by atoms with van der Waals surface area (Å²) in [4.78, 5) is 22.1. The SMILES string of the molecule is CC(CS(C)(=O)=O)NC(=O)NC(=O)CCCl. The minimum absolute atomic E-state index is 0.0371. The molecule has 0 saturated heterocycles. The van der Waals surface area contributed by atoms with Gasteiger partial charge >= 0.3 is 6.03 Å². The van der Waals surface area contributed by atoms with Gasteiger partial charge in [0.1, 0.15) is 9.84 Å². The van der Waals surface area contributed by atoms with E-state index in [1.807, 2.05) is 5.32 Å². The van der Waals surface area contributed by atoms with Gasteiger partial charge in [-0.05, 0) is 6.92 Å². The summed E-state index contributed by atoms with van der Waals surface area (Å²) in [6.45, 7) is 1.53. The third kappa shape index (κ3) is 8.49. The van der Waals surface area contributed by atoms with Crippen LogP contribution in [0.4, 0.5) is 4.79 Å². The second-order valence-electron chi connectivity index (χ2n) is 3.45. The summed E-state index contributed by atoms with van der Waals surface area (Å²) < 4.78 is 21.8. The lowest BCUT2D eigenvalue weighted by Crippen LogP contribution is -2.45. The van der Waals surface area contributed by atoms with Crippen LogP contribution < -0.4 is 10.6 Å². The second kappa shape index (κ2) is 6.70. The zero-order valence-electron chi connectivity index (χ0n) is 9.12. The maximum absolute atomic E-state index is 11.1. The van der Waals surface area contributed by atoms with E-state index in [1.165, 1.54) is 6.92 Å². The van der Waals surface area contributed by atoms with Crippen LogP contribution in [0.3, 0.4) is 0 Å². The molecule has 0 rings (SSSR count). The highest BCUT2D eigenvalue weighted by Crippen LogP contribution is 1.90. The number of carbonyl (C=O) groups excluding carboxylic acids is 2. The monoisotopic (exact) mass is 270 g/mol. The first-order chi connectivity index (χ1) is 7.24. The maximum atomic E-state index is 11.1. The van der Waals surface area contributed by atoms with Crippen LogP contribution in [0.5, 0.6) is 0 Å². The number of hydrogen-bond acceptors (Lipinski definition) is 4. The summed E-state index contributed by atoms with van der Waals surface area (Å²) in [6.07, 6.45) is 1.11. The summed E-state index contributed by atoms with van der Waals surface area (Å²) >= 11 is 5.30. The van der Waals surface area contributed by atoms with Crippen LogP contribution in [0.1, 0.15) is 13.3 Å². The Hall–Kier alpha value is -0.820. The Kier molecular flexibility index (Phi) is 6.35. The second-order valence-corrected chi connectivity index (χ2v) is 6.02. The normalized spacial score (nSPS) is 12.9. The number of amides is 3. The first-order valence-corrected chi connectivity index (χ1v) is 7.18. The molecule has 2 N–H and O–H groups in total. The standard InChI is InChI=1S/C8H15ClN2O4S/c1-6(5-16(2,14)15)10-8(13)11-7(12)3-4-9/h6H,3-5H2,1-2H3,(H2,10,11,12,13). The zero-order chi connectivity index (χ0) is 12.8. The molecule has 0 aromatic carbocycles. The van der Waals surface area contributed by atoms with Crippen molar-refractivity contribution in [2.45, 2.75) is 19.4 Å². The molecule has 1 atom stereocenters. The quantitative estimate of drug-likeness (QED) is 0.681. The number of rotatable bonds is 5. The van der Waals surface area contributed by atoms with Crippen molar-refractivity contribution < 1.29 is 18.0 Å². The lowest BCUT2D eigenvalue weighted by atomic mass is 10.4. The van der Waals surface area contributed by atoms with Crippen molar-refractivity contribution in [3.63, 3.8) is 0 Å². The van der Waals surface area contributed by atoms with Crippen molar-refractivity contribution >= 4 is 33.4 Å². The summed E-state index contributed by atoms with van der Waals surface area (Å²) in [5, 5.41) is 4.36. The summed E-state index contributed by atoms with van der Waals surface area (Å²) in [6, 6.07) is -1.27. The first kappa shape index (κ1) is 15.2. The van der Waals surface area contributed by atoms with E-state index < -0.39 is 27.8 Å². The predicted molar refractivity (Wildman–Crippen MR) is 61.2 cm³/mol. The van der Waals surface area contributed by atoms with Crippen LogP contribution >= 0.6 is 11.6 Å².